The van der Waals surface area contributed by atoms with E-state index in [1.54, 1.807) is 13.0 Å². The summed E-state index contributed by atoms with van der Waals surface area (Å²) in [5.74, 6) is -2.13. The minimum absolute atomic E-state index is 0.0349. The van der Waals surface area contributed by atoms with Gasteiger partial charge in [0.2, 0.25) is 15.9 Å². The van der Waals surface area contributed by atoms with Crippen LogP contribution in [0.1, 0.15) is 27.9 Å². The second kappa shape index (κ2) is 5.69. The number of anilines is 1. The highest BCUT2D eigenvalue weighted by atomic mass is 32.2. The van der Waals surface area contributed by atoms with Gasteiger partial charge in [0.1, 0.15) is 0 Å². The van der Waals surface area contributed by atoms with Crippen LogP contribution in [0.5, 0.6) is 0 Å². The van der Waals surface area contributed by atoms with Gasteiger partial charge in [0.25, 0.3) is 0 Å². The van der Waals surface area contributed by atoms with E-state index in [1.807, 2.05) is 6.92 Å². The molecule has 3 N–H and O–H groups in total. The first-order valence-electron chi connectivity index (χ1n) is 6.74. The molecule has 0 aromatic heterocycles. The van der Waals surface area contributed by atoms with E-state index in [0.717, 1.165) is 5.56 Å². The molecule has 120 valence electrons. The molecule has 1 aliphatic heterocycles. The summed E-state index contributed by atoms with van der Waals surface area (Å²) in [6.45, 7) is 3.73. The van der Waals surface area contributed by atoms with Crippen molar-refractivity contribution in [3.63, 3.8) is 0 Å². The van der Waals surface area contributed by atoms with Crippen molar-refractivity contribution in [2.45, 2.75) is 20.3 Å². The Labute approximate surface area is 128 Å². The maximum Gasteiger partial charge on any atom is 0.337 e. The Hall–Kier alpha value is -1.93. The lowest BCUT2D eigenvalue weighted by Crippen LogP contribution is -2.29. The highest BCUT2D eigenvalue weighted by Crippen LogP contribution is 2.33. The average Bonchev–Trinajstić information content (AvgIpc) is 2.70. The molecule has 1 atom stereocenters. The molecule has 22 heavy (non-hydrogen) atoms. The smallest absolute Gasteiger partial charge is 0.337 e. The van der Waals surface area contributed by atoms with E-state index in [-0.39, 0.29) is 30.2 Å². The number of hydrogen-bond acceptors (Lipinski definition) is 4. The molecule has 0 bridgehead atoms. The molecule has 2 rings (SSSR count). The number of nitrogens with two attached hydrogens (primary N) is 1. The van der Waals surface area contributed by atoms with Crippen molar-refractivity contribution in [3.8, 4) is 0 Å². The van der Waals surface area contributed by atoms with Gasteiger partial charge >= 0.3 is 5.97 Å². The van der Waals surface area contributed by atoms with Crippen LogP contribution in [0.4, 0.5) is 5.69 Å². The van der Waals surface area contributed by atoms with E-state index in [2.05, 4.69) is 0 Å². The Morgan fingerprint density at radius 1 is 1.41 bits per heavy atom. The number of carbonyl (C=O) groups is 2. The van der Waals surface area contributed by atoms with E-state index in [9.17, 15) is 23.1 Å². The number of aromatic carboxylic acids is 1. The van der Waals surface area contributed by atoms with Crippen molar-refractivity contribution in [1.29, 1.82) is 0 Å². The number of carboxylic acids is 1. The van der Waals surface area contributed by atoms with Gasteiger partial charge in [-0.25, -0.2) is 18.4 Å². The van der Waals surface area contributed by atoms with Gasteiger partial charge in [-0.1, -0.05) is 6.07 Å². The summed E-state index contributed by atoms with van der Waals surface area (Å²) in [6.07, 6.45) is 0.0445. The van der Waals surface area contributed by atoms with Crippen LogP contribution in [-0.4, -0.2) is 37.7 Å². The topological polar surface area (TPSA) is 118 Å². The number of primary sulfonamides is 1. The molecule has 8 heteroatoms. The molecule has 0 spiro atoms. The van der Waals surface area contributed by atoms with Gasteiger partial charge in [-0.05, 0) is 31.0 Å². The van der Waals surface area contributed by atoms with Gasteiger partial charge in [0.15, 0.2) is 0 Å². The summed E-state index contributed by atoms with van der Waals surface area (Å²) < 4.78 is 22.4. The van der Waals surface area contributed by atoms with Crippen LogP contribution < -0.4 is 10.0 Å². The van der Waals surface area contributed by atoms with E-state index >= 15 is 0 Å². The first kappa shape index (κ1) is 16.4. The maximum atomic E-state index is 12.2. The lowest BCUT2D eigenvalue weighted by Gasteiger charge is -2.22. The maximum absolute atomic E-state index is 12.2. The van der Waals surface area contributed by atoms with E-state index in [4.69, 9.17) is 5.14 Å². The molecular formula is C14H18N2O5S. The second-order valence-corrected chi connectivity index (χ2v) is 7.27. The fourth-order valence-corrected chi connectivity index (χ4v) is 3.64. The van der Waals surface area contributed by atoms with Crippen LogP contribution in [0.15, 0.2) is 12.1 Å². The van der Waals surface area contributed by atoms with Crippen LogP contribution in [0.25, 0.3) is 0 Å². The molecule has 1 amide bonds. The number of rotatable bonds is 4. The monoisotopic (exact) mass is 326 g/mol. The number of hydrogen-bond donors (Lipinski definition) is 2. The molecule has 1 aliphatic rings. The van der Waals surface area contributed by atoms with Crippen molar-refractivity contribution in [2.24, 2.45) is 11.1 Å². The van der Waals surface area contributed by atoms with Crippen molar-refractivity contribution in [3.05, 3.63) is 28.8 Å². The molecular weight excluding hydrogens is 308 g/mol. The third-order valence-corrected chi connectivity index (χ3v) is 4.81. The van der Waals surface area contributed by atoms with E-state index < -0.39 is 21.9 Å². The number of sulfonamides is 1. The van der Waals surface area contributed by atoms with Crippen LogP contribution >= 0.6 is 0 Å². The Kier molecular flexibility index (Phi) is 4.25. The number of benzene rings is 1. The van der Waals surface area contributed by atoms with Gasteiger partial charge in [0, 0.05) is 18.9 Å². The van der Waals surface area contributed by atoms with Gasteiger partial charge in [-0.3, -0.25) is 4.79 Å². The zero-order valence-corrected chi connectivity index (χ0v) is 13.2. The van der Waals surface area contributed by atoms with Crippen LogP contribution in [-0.2, 0) is 14.8 Å². The van der Waals surface area contributed by atoms with E-state index in [0.29, 0.717) is 11.3 Å². The number of amides is 1. The normalized spacial score (nSPS) is 18.8. The van der Waals surface area contributed by atoms with Crippen molar-refractivity contribution in [2.75, 3.05) is 17.2 Å². The molecule has 1 aromatic rings. The number of carboxylic acid groups (broad SMARTS) is 1. The Bertz CT molecular complexity index is 742. The lowest BCUT2D eigenvalue weighted by molar-refractivity contribution is -0.117. The second-order valence-electron chi connectivity index (χ2n) is 5.61. The van der Waals surface area contributed by atoms with Crippen molar-refractivity contribution < 1.29 is 23.1 Å². The molecule has 1 heterocycles. The lowest BCUT2D eigenvalue weighted by atomic mass is 10.0. The quantitative estimate of drug-likeness (QED) is 0.842. The first-order valence-corrected chi connectivity index (χ1v) is 8.46. The highest BCUT2D eigenvalue weighted by Gasteiger charge is 2.35. The average molecular weight is 326 g/mol. The van der Waals surface area contributed by atoms with Crippen LogP contribution in [0.3, 0.4) is 0 Å². The zero-order valence-electron chi connectivity index (χ0n) is 12.4. The molecule has 1 unspecified atom stereocenters. The summed E-state index contributed by atoms with van der Waals surface area (Å²) in [5, 5.41) is 14.4. The Morgan fingerprint density at radius 2 is 2.05 bits per heavy atom. The van der Waals surface area contributed by atoms with Gasteiger partial charge < -0.3 is 10.0 Å². The highest BCUT2D eigenvalue weighted by molar-refractivity contribution is 7.89. The molecule has 1 saturated heterocycles. The third kappa shape index (κ3) is 3.28. The molecule has 0 saturated carbocycles. The molecule has 1 fully saturated rings. The van der Waals surface area contributed by atoms with E-state index in [1.165, 1.54) is 11.0 Å². The molecule has 0 radical (unpaired) electrons. The SMILES string of the molecule is Cc1ccc(C(=O)O)c(N2CC(CS(N)(=O)=O)CC2=O)c1C. The van der Waals surface area contributed by atoms with Crippen molar-refractivity contribution in [1.82, 2.24) is 0 Å². The fourth-order valence-electron chi connectivity index (χ4n) is 2.76. The minimum Gasteiger partial charge on any atom is -0.478 e. The number of carbonyl (C=O) groups excluding carboxylic acids is 1. The molecule has 0 aliphatic carbocycles. The predicted octanol–water partition coefficient (Wildman–Crippen LogP) is 0.643. The largest absolute Gasteiger partial charge is 0.478 e. The van der Waals surface area contributed by atoms with Gasteiger partial charge in [-0.15, -0.1) is 0 Å². The fraction of sp³-hybridized carbons (Fsp3) is 0.429. The summed E-state index contributed by atoms with van der Waals surface area (Å²) in [5.41, 5.74) is 1.94. The van der Waals surface area contributed by atoms with Crippen LogP contribution in [0.2, 0.25) is 0 Å². The first-order chi connectivity index (χ1) is 10.1. The Morgan fingerprint density at radius 3 is 2.59 bits per heavy atom. The molecule has 1 aromatic carbocycles. The van der Waals surface area contributed by atoms with Gasteiger partial charge in [0.05, 0.1) is 17.0 Å². The van der Waals surface area contributed by atoms with Crippen molar-refractivity contribution >= 4 is 27.6 Å². The number of nitrogens with zero attached hydrogens (tertiary/aromatic N) is 1. The van der Waals surface area contributed by atoms with Gasteiger partial charge in [-0.2, -0.15) is 0 Å². The third-order valence-electron chi connectivity index (χ3n) is 3.88. The summed E-state index contributed by atoms with van der Waals surface area (Å²) >= 11 is 0. The number of aryl methyl sites for hydroxylation is 1. The Balaban J connectivity index is 2.42. The summed E-state index contributed by atoms with van der Waals surface area (Å²) in [4.78, 5) is 25.0. The summed E-state index contributed by atoms with van der Waals surface area (Å²) in [7, 11) is -3.68. The zero-order chi connectivity index (χ0) is 16.7. The predicted molar refractivity (Wildman–Crippen MR) is 81.3 cm³/mol. The minimum atomic E-state index is -3.68. The summed E-state index contributed by atoms with van der Waals surface area (Å²) in [6, 6.07) is 3.14. The van der Waals surface area contributed by atoms with Crippen LogP contribution in [0, 0.1) is 19.8 Å². The molecule has 7 nitrogen and oxygen atoms in total. The standard InChI is InChI=1S/C14H18N2O5S/c1-8-3-4-11(14(18)19)13(9(8)2)16-6-10(5-12(16)17)7-22(15,20)21/h3-4,10H,5-7H2,1-2H3,(H,18,19)(H2,15,20,21).